The lowest BCUT2D eigenvalue weighted by atomic mass is 9.77. The Hall–Kier alpha value is -0.900. The van der Waals surface area contributed by atoms with E-state index in [1.807, 2.05) is 11.0 Å². The lowest BCUT2D eigenvalue weighted by Gasteiger charge is -2.38. The molecule has 0 amide bonds. The van der Waals surface area contributed by atoms with E-state index in [9.17, 15) is 0 Å². The maximum Gasteiger partial charge on any atom is 0.137 e. The second-order valence-electron chi connectivity index (χ2n) is 5.42. The molecule has 1 N–H and O–H groups in total. The third-order valence-corrected chi connectivity index (χ3v) is 4.04. The average molecular weight is 236 g/mol. The van der Waals surface area contributed by atoms with Crippen molar-refractivity contribution in [1.82, 2.24) is 20.1 Å². The summed E-state index contributed by atoms with van der Waals surface area (Å²) in [6.45, 7) is 7.86. The van der Waals surface area contributed by atoms with Gasteiger partial charge in [0.25, 0.3) is 0 Å². The van der Waals surface area contributed by atoms with E-state index in [-0.39, 0.29) is 0 Å². The van der Waals surface area contributed by atoms with Crippen molar-refractivity contribution in [2.45, 2.75) is 52.1 Å². The van der Waals surface area contributed by atoms with Crippen molar-refractivity contribution in [3.63, 3.8) is 0 Å². The largest absolute Gasteiger partial charge is 0.312 e. The van der Waals surface area contributed by atoms with Crippen LogP contribution in [0.2, 0.25) is 0 Å². The molecule has 0 aliphatic heterocycles. The number of likely N-dealkylation sites (N-methyl/N-ethyl adjacent to an activating group) is 1. The molecule has 4 nitrogen and oxygen atoms in total. The van der Waals surface area contributed by atoms with Gasteiger partial charge in [-0.1, -0.05) is 20.8 Å². The Kier molecular flexibility index (Phi) is 4.15. The Morgan fingerprint density at radius 2 is 2.24 bits per heavy atom. The van der Waals surface area contributed by atoms with Crippen LogP contribution in [0.15, 0.2) is 12.7 Å². The molecule has 3 unspecified atom stereocenters. The summed E-state index contributed by atoms with van der Waals surface area (Å²) in [7, 11) is 0. The van der Waals surface area contributed by atoms with Gasteiger partial charge in [0.2, 0.25) is 0 Å². The molecule has 0 aromatic carbocycles. The van der Waals surface area contributed by atoms with Gasteiger partial charge in [-0.15, -0.1) is 0 Å². The van der Waals surface area contributed by atoms with Crippen molar-refractivity contribution in [1.29, 1.82) is 0 Å². The number of nitrogens with zero attached hydrogens (tertiary/aromatic N) is 3. The zero-order chi connectivity index (χ0) is 12.3. The minimum atomic E-state index is 0.471. The van der Waals surface area contributed by atoms with Crippen LogP contribution >= 0.6 is 0 Å². The molecule has 1 aromatic rings. The fraction of sp³-hybridized carbons (Fsp3) is 0.846. The molecule has 1 aliphatic carbocycles. The Balaban J connectivity index is 2.10. The molecule has 1 aliphatic rings. The van der Waals surface area contributed by atoms with E-state index in [1.54, 1.807) is 6.33 Å². The number of hydrogen-bond donors (Lipinski definition) is 1. The molecule has 1 aromatic heterocycles. The Morgan fingerprint density at radius 3 is 2.82 bits per heavy atom. The quantitative estimate of drug-likeness (QED) is 0.872. The highest BCUT2D eigenvalue weighted by Gasteiger charge is 2.32. The molecule has 2 rings (SSSR count). The molecule has 1 fully saturated rings. The minimum absolute atomic E-state index is 0.471. The number of hydrogen-bond acceptors (Lipinski definition) is 3. The maximum absolute atomic E-state index is 4.33. The van der Waals surface area contributed by atoms with Crippen molar-refractivity contribution in [3.05, 3.63) is 12.7 Å². The zero-order valence-corrected chi connectivity index (χ0v) is 11.1. The van der Waals surface area contributed by atoms with E-state index in [2.05, 4.69) is 36.2 Å². The smallest absolute Gasteiger partial charge is 0.137 e. The van der Waals surface area contributed by atoms with Gasteiger partial charge >= 0.3 is 0 Å². The molecular weight excluding hydrogens is 212 g/mol. The number of aromatic nitrogens is 3. The monoisotopic (exact) mass is 236 g/mol. The van der Waals surface area contributed by atoms with Crippen molar-refractivity contribution in [2.75, 3.05) is 6.54 Å². The Labute approximate surface area is 104 Å². The summed E-state index contributed by atoms with van der Waals surface area (Å²) < 4.78 is 2.04. The van der Waals surface area contributed by atoms with Gasteiger partial charge in [0.1, 0.15) is 12.7 Å². The molecule has 4 heteroatoms. The summed E-state index contributed by atoms with van der Waals surface area (Å²) in [4.78, 5) is 4.09. The van der Waals surface area contributed by atoms with E-state index in [1.165, 1.54) is 19.3 Å². The van der Waals surface area contributed by atoms with E-state index < -0.39 is 0 Å². The summed E-state index contributed by atoms with van der Waals surface area (Å²) in [5.41, 5.74) is 0. The fourth-order valence-electron chi connectivity index (χ4n) is 2.97. The summed E-state index contributed by atoms with van der Waals surface area (Å²) in [6, 6.07) is 1.02. The third-order valence-electron chi connectivity index (χ3n) is 4.04. The number of rotatable bonds is 4. The fourth-order valence-corrected chi connectivity index (χ4v) is 2.97. The Bertz CT molecular complexity index is 320. The zero-order valence-electron chi connectivity index (χ0n) is 11.1. The molecule has 96 valence electrons. The van der Waals surface area contributed by atoms with Crippen LogP contribution < -0.4 is 5.32 Å². The van der Waals surface area contributed by atoms with Crippen LogP contribution in [0, 0.1) is 11.8 Å². The second kappa shape index (κ2) is 5.63. The van der Waals surface area contributed by atoms with Gasteiger partial charge < -0.3 is 5.32 Å². The van der Waals surface area contributed by atoms with Crippen molar-refractivity contribution in [3.8, 4) is 0 Å². The molecule has 0 spiro atoms. The highest BCUT2D eigenvalue weighted by Crippen LogP contribution is 2.36. The molecule has 0 saturated heterocycles. The summed E-state index contributed by atoms with van der Waals surface area (Å²) >= 11 is 0. The summed E-state index contributed by atoms with van der Waals surface area (Å²) in [5.74, 6) is 1.59. The first-order valence-electron chi connectivity index (χ1n) is 6.79. The van der Waals surface area contributed by atoms with Gasteiger partial charge in [0.15, 0.2) is 0 Å². The molecule has 3 atom stereocenters. The lowest BCUT2D eigenvalue weighted by Crippen LogP contribution is -2.42. The van der Waals surface area contributed by atoms with Crippen LogP contribution in [0.4, 0.5) is 0 Å². The average Bonchev–Trinajstić information content (AvgIpc) is 2.83. The van der Waals surface area contributed by atoms with Crippen LogP contribution in [-0.2, 0) is 0 Å². The maximum atomic E-state index is 4.33. The van der Waals surface area contributed by atoms with Crippen LogP contribution in [-0.4, -0.2) is 27.4 Å². The van der Waals surface area contributed by atoms with Crippen LogP contribution in [0.1, 0.15) is 46.1 Å². The molecule has 1 saturated carbocycles. The Morgan fingerprint density at radius 1 is 1.41 bits per heavy atom. The molecule has 0 bridgehead atoms. The van der Waals surface area contributed by atoms with Gasteiger partial charge in [-0.3, -0.25) is 0 Å². The van der Waals surface area contributed by atoms with Gasteiger partial charge in [-0.25, -0.2) is 9.67 Å². The molecule has 1 heterocycles. The number of nitrogens with one attached hydrogen (secondary N) is 1. The van der Waals surface area contributed by atoms with E-state index in [0.29, 0.717) is 12.1 Å². The highest BCUT2D eigenvalue weighted by molar-refractivity contribution is 4.89. The first kappa shape index (κ1) is 12.6. The summed E-state index contributed by atoms with van der Waals surface area (Å²) in [6.07, 6.45) is 7.31. The summed E-state index contributed by atoms with van der Waals surface area (Å²) in [5, 5.41) is 7.93. The van der Waals surface area contributed by atoms with Crippen molar-refractivity contribution in [2.24, 2.45) is 11.8 Å². The predicted molar refractivity (Wildman–Crippen MR) is 68.7 cm³/mol. The first-order valence-corrected chi connectivity index (χ1v) is 6.79. The van der Waals surface area contributed by atoms with Gasteiger partial charge in [0.05, 0.1) is 6.04 Å². The van der Waals surface area contributed by atoms with E-state index >= 15 is 0 Å². The molecular formula is C13H24N4. The highest BCUT2D eigenvalue weighted by atomic mass is 15.3. The first-order chi connectivity index (χ1) is 8.22. The van der Waals surface area contributed by atoms with E-state index in [4.69, 9.17) is 0 Å². The lowest BCUT2D eigenvalue weighted by molar-refractivity contribution is 0.163. The van der Waals surface area contributed by atoms with Crippen molar-refractivity contribution < 1.29 is 0 Å². The topological polar surface area (TPSA) is 42.7 Å². The molecule has 0 radical (unpaired) electrons. The van der Waals surface area contributed by atoms with Crippen LogP contribution in [0.25, 0.3) is 0 Å². The van der Waals surface area contributed by atoms with Crippen molar-refractivity contribution >= 4 is 0 Å². The molecule has 17 heavy (non-hydrogen) atoms. The van der Waals surface area contributed by atoms with Crippen LogP contribution in [0.5, 0.6) is 0 Å². The normalized spacial score (nSPS) is 29.8. The third kappa shape index (κ3) is 2.86. The minimum Gasteiger partial charge on any atom is -0.312 e. The van der Waals surface area contributed by atoms with Gasteiger partial charge in [0, 0.05) is 6.04 Å². The van der Waals surface area contributed by atoms with E-state index in [0.717, 1.165) is 18.4 Å². The predicted octanol–water partition coefficient (Wildman–Crippen LogP) is 2.25. The van der Waals surface area contributed by atoms with Crippen LogP contribution in [0.3, 0.4) is 0 Å². The van der Waals surface area contributed by atoms with Gasteiger partial charge in [-0.2, -0.15) is 5.10 Å². The standard InChI is InChI=1S/C13H24N4/c1-4-15-12-6-5-11(10(2)3)7-13(12)17-9-14-8-16-17/h8-13,15H,4-7H2,1-3H3. The van der Waals surface area contributed by atoms with Gasteiger partial charge in [-0.05, 0) is 37.6 Å². The second-order valence-corrected chi connectivity index (χ2v) is 5.42. The SMILES string of the molecule is CCNC1CCC(C(C)C)CC1n1cncn1.